The van der Waals surface area contributed by atoms with Crippen LogP contribution in [0.3, 0.4) is 0 Å². The molecule has 3 N–H and O–H groups in total. The summed E-state index contributed by atoms with van der Waals surface area (Å²) in [5.74, 6) is 2.22. The molecular weight excluding hydrogens is 270 g/mol. The Kier molecular flexibility index (Phi) is 2.65. The third-order valence-electron chi connectivity index (χ3n) is 5.53. The minimum atomic E-state index is -0.594. The molecule has 5 rings (SSSR count). The van der Waals surface area contributed by atoms with Crippen molar-refractivity contribution in [3.8, 4) is 0 Å². The third kappa shape index (κ3) is 2.13. The van der Waals surface area contributed by atoms with Crippen LogP contribution in [0.15, 0.2) is 15.7 Å². The fourth-order valence-electron chi connectivity index (χ4n) is 5.18. The van der Waals surface area contributed by atoms with Gasteiger partial charge in [-0.15, -0.1) is 0 Å². The summed E-state index contributed by atoms with van der Waals surface area (Å²) in [6.45, 7) is 0. The second-order valence-corrected chi connectivity index (χ2v) is 7.15. The summed E-state index contributed by atoms with van der Waals surface area (Å²) < 4.78 is 0. The van der Waals surface area contributed by atoms with Gasteiger partial charge in [0.05, 0.1) is 5.41 Å². The SMILES string of the molecule is O=C(Nc1cc(=O)[nH]c(=O)[nH]1)C12CC3CC(CC(C3)C1)C2. The number of carbonyl (C=O) groups excluding carboxylic acids is 1. The molecule has 1 aromatic heterocycles. The van der Waals surface area contributed by atoms with Gasteiger partial charge in [0.2, 0.25) is 5.91 Å². The molecule has 6 heteroatoms. The van der Waals surface area contributed by atoms with Crippen molar-refractivity contribution in [3.63, 3.8) is 0 Å². The van der Waals surface area contributed by atoms with Crippen LogP contribution in [-0.2, 0) is 4.79 Å². The Hall–Kier alpha value is -1.85. The van der Waals surface area contributed by atoms with Crippen molar-refractivity contribution in [2.45, 2.75) is 38.5 Å². The van der Waals surface area contributed by atoms with Gasteiger partial charge in [-0.25, -0.2) is 4.79 Å². The van der Waals surface area contributed by atoms with E-state index in [1.165, 1.54) is 25.3 Å². The zero-order chi connectivity index (χ0) is 14.6. The molecule has 21 heavy (non-hydrogen) atoms. The zero-order valence-corrected chi connectivity index (χ0v) is 11.8. The van der Waals surface area contributed by atoms with E-state index in [2.05, 4.69) is 15.3 Å². The number of H-pyrrole nitrogens is 2. The second-order valence-electron chi connectivity index (χ2n) is 7.15. The zero-order valence-electron chi connectivity index (χ0n) is 11.8. The first-order valence-corrected chi connectivity index (χ1v) is 7.67. The van der Waals surface area contributed by atoms with Crippen molar-refractivity contribution in [3.05, 3.63) is 26.9 Å². The van der Waals surface area contributed by atoms with Crippen molar-refractivity contribution >= 4 is 11.7 Å². The largest absolute Gasteiger partial charge is 0.327 e. The van der Waals surface area contributed by atoms with E-state index in [-0.39, 0.29) is 17.1 Å². The first kappa shape index (κ1) is 12.9. The van der Waals surface area contributed by atoms with Crippen LogP contribution in [-0.4, -0.2) is 15.9 Å². The van der Waals surface area contributed by atoms with Crippen LogP contribution in [0.5, 0.6) is 0 Å². The van der Waals surface area contributed by atoms with Gasteiger partial charge in [-0.2, -0.15) is 0 Å². The van der Waals surface area contributed by atoms with E-state index in [0.29, 0.717) is 17.8 Å². The molecule has 0 saturated heterocycles. The molecule has 6 nitrogen and oxygen atoms in total. The van der Waals surface area contributed by atoms with Crippen LogP contribution >= 0.6 is 0 Å². The summed E-state index contributed by atoms with van der Waals surface area (Å²) in [4.78, 5) is 39.9. The van der Waals surface area contributed by atoms with Crippen molar-refractivity contribution in [1.82, 2.24) is 9.97 Å². The van der Waals surface area contributed by atoms with Crippen molar-refractivity contribution in [1.29, 1.82) is 0 Å². The topological polar surface area (TPSA) is 94.8 Å². The number of amides is 1. The number of hydrogen-bond donors (Lipinski definition) is 3. The van der Waals surface area contributed by atoms with Gasteiger partial charge in [0.1, 0.15) is 5.82 Å². The molecule has 4 aliphatic carbocycles. The van der Waals surface area contributed by atoms with E-state index in [0.717, 1.165) is 19.3 Å². The average Bonchev–Trinajstić information content (AvgIpc) is 2.35. The summed E-state index contributed by atoms with van der Waals surface area (Å²) in [5, 5.41) is 2.77. The predicted octanol–water partition coefficient (Wildman–Crippen LogP) is 1.22. The van der Waals surface area contributed by atoms with Gasteiger partial charge in [-0.05, 0) is 56.3 Å². The number of nitrogens with one attached hydrogen (secondary N) is 3. The van der Waals surface area contributed by atoms with E-state index in [9.17, 15) is 14.4 Å². The molecule has 0 radical (unpaired) electrons. The Bertz CT molecular complexity index is 639. The highest BCUT2D eigenvalue weighted by atomic mass is 16.2. The van der Waals surface area contributed by atoms with Crippen molar-refractivity contribution < 1.29 is 4.79 Å². The average molecular weight is 289 g/mol. The van der Waals surface area contributed by atoms with E-state index >= 15 is 0 Å². The fraction of sp³-hybridized carbons (Fsp3) is 0.667. The highest BCUT2D eigenvalue weighted by molar-refractivity contribution is 5.94. The number of aromatic nitrogens is 2. The molecule has 4 fully saturated rings. The Morgan fingerprint density at radius 2 is 1.62 bits per heavy atom. The van der Waals surface area contributed by atoms with Crippen LogP contribution in [0.25, 0.3) is 0 Å². The molecule has 1 heterocycles. The Balaban J connectivity index is 1.60. The van der Waals surface area contributed by atoms with Gasteiger partial charge in [-0.1, -0.05) is 0 Å². The van der Waals surface area contributed by atoms with Crippen LogP contribution in [0.2, 0.25) is 0 Å². The van der Waals surface area contributed by atoms with Gasteiger partial charge in [-0.3, -0.25) is 19.6 Å². The molecule has 0 spiro atoms. The fourth-order valence-corrected chi connectivity index (χ4v) is 5.18. The summed E-state index contributed by atoms with van der Waals surface area (Å²) in [6.07, 6.45) is 6.69. The lowest BCUT2D eigenvalue weighted by Crippen LogP contribution is -2.52. The maximum atomic E-state index is 12.7. The lowest BCUT2D eigenvalue weighted by atomic mass is 9.49. The molecule has 0 aliphatic heterocycles. The maximum Gasteiger partial charge on any atom is 0.327 e. The highest BCUT2D eigenvalue weighted by Gasteiger charge is 2.54. The molecule has 0 atom stereocenters. The van der Waals surface area contributed by atoms with Gasteiger partial charge < -0.3 is 5.32 Å². The molecule has 1 amide bonds. The van der Waals surface area contributed by atoms with Gasteiger partial charge >= 0.3 is 5.69 Å². The molecule has 4 saturated carbocycles. The molecule has 0 unspecified atom stereocenters. The highest BCUT2D eigenvalue weighted by Crippen LogP contribution is 2.60. The Labute approximate surface area is 121 Å². The molecular formula is C15H19N3O3. The number of anilines is 1. The van der Waals surface area contributed by atoms with Gasteiger partial charge in [0.25, 0.3) is 5.56 Å². The summed E-state index contributed by atoms with van der Waals surface area (Å²) >= 11 is 0. The predicted molar refractivity (Wildman–Crippen MR) is 76.9 cm³/mol. The molecule has 4 bridgehead atoms. The van der Waals surface area contributed by atoms with Crippen LogP contribution in [0.4, 0.5) is 5.82 Å². The molecule has 1 aromatic rings. The second kappa shape index (κ2) is 4.32. The number of carbonyl (C=O) groups is 1. The first-order chi connectivity index (χ1) is 10.0. The van der Waals surface area contributed by atoms with E-state index in [1.807, 2.05) is 0 Å². The third-order valence-corrected chi connectivity index (χ3v) is 5.53. The van der Waals surface area contributed by atoms with Crippen molar-refractivity contribution in [2.24, 2.45) is 23.2 Å². The monoisotopic (exact) mass is 289 g/mol. The van der Waals surface area contributed by atoms with E-state index < -0.39 is 11.2 Å². The minimum Gasteiger partial charge on any atom is -0.312 e. The molecule has 0 aromatic carbocycles. The number of hydrogen-bond acceptors (Lipinski definition) is 3. The Morgan fingerprint density at radius 3 is 2.14 bits per heavy atom. The number of aromatic amines is 2. The van der Waals surface area contributed by atoms with Gasteiger partial charge in [0, 0.05) is 6.07 Å². The summed E-state index contributed by atoms with van der Waals surface area (Å²) in [5.41, 5.74) is -1.38. The quantitative estimate of drug-likeness (QED) is 0.764. The Morgan fingerprint density at radius 1 is 1.05 bits per heavy atom. The van der Waals surface area contributed by atoms with Gasteiger partial charge in [0.15, 0.2) is 0 Å². The first-order valence-electron chi connectivity index (χ1n) is 7.67. The smallest absolute Gasteiger partial charge is 0.312 e. The van der Waals surface area contributed by atoms with Crippen LogP contribution in [0.1, 0.15) is 38.5 Å². The normalized spacial score (nSPS) is 36.7. The molecule has 4 aliphatic rings. The van der Waals surface area contributed by atoms with Crippen LogP contribution < -0.4 is 16.6 Å². The summed E-state index contributed by atoms with van der Waals surface area (Å²) in [7, 11) is 0. The van der Waals surface area contributed by atoms with Crippen LogP contribution in [0, 0.1) is 23.2 Å². The number of rotatable bonds is 2. The van der Waals surface area contributed by atoms with E-state index in [1.54, 1.807) is 0 Å². The lowest BCUT2D eigenvalue weighted by molar-refractivity contribution is -0.140. The lowest BCUT2D eigenvalue weighted by Gasteiger charge is -2.55. The molecule has 112 valence electrons. The standard InChI is InChI=1S/C15H19N3O3/c19-12-4-11(17-14(21)18-12)16-13(20)15-5-8-1-9(6-15)3-10(2-8)7-15/h4,8-10H,1-3,5-7H2,(H3,16,17,18,19,20,21). The maximum absolute atomic E-state index is 12.7. The minimum absolute atomic E-state index is 0.0251. The summed E-state index contributed by atoms with van der Waals surface area (Å²) in [6, 6.07) is 1.22. The van der Waals surface area contributed by atoms with Crippen molar-refractivity contribution in [2.75, 3.05) is 5.32 Å². The van der Waals surface area contributed by atoms with E-state index in [4.69, 9.17) is 0 Å².